The zero-order valence-electron chi connectivity index (χ0n) is 52.1. The summed E-state index contributed by atoms with van der Waals surface area (Å²) in [5.41, 5.74) is 0. The van der Waals surface area contributed by atoms with Crippen LogP contribution < -0.4 is 21.3 Å². The number of aliphatic hydroxyl groups is 18. The molecule has 6 saturated heterocycles. The SMILES string of the molecule is CC(=O)N[C@@H]1[C@@H](OCCCCO[C@@H]2O[C@H](CO)[C@@H](O[C@@H]3O[C@H](CO[C@@]4(C(=O)O)C[C@H](O)[C@@H](NC(C)=O)[C@H]([C@H](O)[C@H](O)CO)O4)[C@H](O)[C@H](O)[C@H]3O)[C@@H](O)[C@H]2NC(C)=O)O[C@@H](CO)[C@H](O[C@H]2O[C@@H](CO[C@@]3(C(=O)O)C[C@H](O)[C@@H](NC(C)=O)[C@H]([C@H](O)[C@H](O)CO)O3)[C@@H](O)[C@@H](O)[C@@H]2O)[C@@H]1O. The topological polar surface area (TPSA) is 666 Å². The molecule has 554 valence electrons. The average molecular weight is 1400 g/mol. The van der Waals surface area contributed by atoms with E-state index in [4.69, 9.17) is 56.8 Å². The summed E-state index contributed by atoms with van der Waals surface area (Å²) >= 11 is 0. The fourth-order valence-electron chi connectivity index (χ4n) is 11.8. The Morgan fingerprint density at radius 1 is 0.438 bits per heavy atom. The lowest BCUT2D eigenvalue weighted by Gasteiger charge is -2.48. The number of ether oxygens (including phenoxy) is 12. The number of carboxylic acid groups (broad SMARTS) is 2. The molecule has 4 amide bonds. The van der Waals surface area contributed by atoms with E-state index < -0.39 is 283 Å². The quantitative estimate of drug-likeness (QED) is 0.0287. The first-order chi connectivity index (χ1) is 45.1. The Bertz CT molecular complexity index is 2370. The van der Waals surface area contributed by atoms with Crippen molar-refractivity contribution in [3.05, 3.63) is 0 Å². The van der Waals surface area contributed by atoms with Gasteiger partial charge in [-0.05, 0) is 12.8 Å². The number of hydrogen-bond donors (Lipinski definition) is 24. The molecular weight excluding hydrogens is 1310 g/mol. The molecule has 24 N–H and O–H groups in total. The Balaban J connectivity index is 1.06. The molecule has 0 aromatic heterocycles. The molecule has 96 heavy (non-hydrogen) atoms. The lowest BCUT2D eigenvalue weighted by Crippen LogP contribution is -2.69. The smallest absolute Gasteiger partial charge is 0.364 e. The van der Waals surface area contributed by atoms with Gasteiger partial charge in [-0.2, -0.15) is 0 Å². The van der Waals surface area contributed by atoms with E-state index in [1.807, 2.05) is 0 Å². The maximum atomic E-state index is 12.8. The van der Waals surface area contributed by atoms with Crippen LogP contribution in [0.1, 0.15) is 53.4 Å². The monoisotopic (exact) mass is 1400 g/mol. The van der Waals surface area contributed by atoms with Crippen molar-refractivity contribution in [2.45, 2.75) is 249 Å². The number of carboxylic acids is 2. The second kappa shape index (κ2) is 35.3. The summed E-state index contributed by atoms with van der Waals surface area (Å²) < 4.78 is 68.9. The molecule has 6 heterocycles. The third-order valence-electron chi connectivity index (χ3n) is 16.8. The summed E-state index contributed by atoms with van der Waals surface area (Å²) in [6.45, 7) is -2.62. The maximum absolute atomic E-state index is 12.8. The summed E-state index contributed by atoms with van der Waals surface area (Å²) in [7, 11) is 0. The number of aliphatic hydroxyl groups excluding tert-OH is 18. The van der Waals surface area contributed by atoms with Gasteiger partial charge in [0.25, 0.3) is 11.6 Å². The average Bonchev–Trinajstić information content (AvgIpc) is 0.720. The van der Waals surface area contributed by atoms with Crippen molar-refractivity contribution in [1.29, 1.82) is 0 Å². The van der Waals surface area contributed by atoms with E-state index in [1.165, 1.54) is 0 Å². The van der Waals surface area contributed by atoms with Crippen LogP contribution in [0.2, 0.25) is 0 Å². The van der Waals surface area contributed by atoms with E-state index in [2.05, 4.69) is 21.3 Å². The Morgan fingerprint density at radius 3 is 1.04 bits per heavy atom. The van der Waals surface area contributed by atoms with Gasteiger partial charge in [0.1, 0.15) is 134 Å². The molecule has 0 saturated carbocycles. The summed E-state index contributed by atoms with van der Waals surface area (Å²) in [4.78, 5) is 74.5. The molecule has 6 aliphatic rings. The van der Waals surface area contributed by atoms with Gasteiger partial charge in [0.15, 0.2) is 25.2 Å². The largest absolute Gasteiger partial charge is 0.477 e. The minimum Gasteiger partial charge on any atom is -0.477 e. The van der Waals surface area contributed by atoms with Crippen LogP contribution in [0.25, 0.3) is 0 Å². The van der Waals surface area contributed by atoms with Crippen LogP contribution in [0.3, 0.4) is 0 Å². The van der Waals surface area contributed by atoms with Crippen molar-refractivity contribution >= 4 is 35.6 Å². The van der Waals surface area contributed by atoms with Crippen LogP contribution >= 0.6 is 0 Å². The standard InChI is InChI=1S/C54H90N4O38/c1-17(63)55-29-21(67)9-53(51(81)82,95-45(29)33(71)23(69)11-59)87-15-27-35(73)39(77)41(79)49(91-27)93-43-25(13-61)89-47(31(37(43)75)57-19(3)65)85-7-5-6-8-86-48-32(58-20(4)66)38(76)44(26(14-62)90-48)94-50-42(80)40(78)36(74)28(92-50)16-88-54(52(83)84)10-22(68)30(56-18(2)64)46(96-54)34(72)24(70)12-60/h21-50,59-62,67-80H,5-16H2,1-4H3,(H,55,63)(H,56,64)(H,57,65)(H,58,66)(H,81,82)(H,83,84)/t21-,22-,23+,24+,25-,26+,27-,28+,29+,30+,31-,32+,33+,34+,35+,36-,37+,38-,39+,40-,41-,42+,43-,44+,45+,46+,47-,48+,49+,50-,53-,54-/m0/s1. The van der Waals surface area contributed by atoms with Crippen molar-refractivity contribution in [3.8, 4) is 0 Å². The van der Waals surface area contributed by atoms with Crippen molar-refractivity contribution in [2.24, 2.45) is 0 Å². The van der Waals surface area contributed by atoms with E-state index in [0.29, 0.717) is 0 Å². The van der Waals surface area contributed by atoms with Crippen LogP contribution in [-0.2, 0) is 85.6 Å². The van der Waals surface area contributed by atoms with Gasteiger partial charge in [-0.3, -0.25) is 19.2 Å². The second-order valence-corrected chi connectivity index (χ2v) is 23.9. The van der Waals surface area contributed by atoms with E-state index >= 15 is 0 Å². The normalized spacial score (nSPS) is 41.8. The summed E-state index contributed by atoms with van der Waals surface area (Å²) in [6, 6.07) is -6.23. The number of amides is 4. The number of hydrogen-bond acceptors (Lipinski definition) is 36. The molecule has 32 atom stereocenters. The predicted octanol–water partition coefficient (Wildman–Crippen LogP) is -14.3. The Labute approximate surface area is 544 Å². The number of rotatable bonds is 31. The minimum absolute atomic E-state index is 0.0611. The first-order valence-electron chi connectivity index (χ1n) is 30.4. The Kier molecular flexibility index (Phi) is 29.6. The molecule has 0 radical (unpaired) electrons. The lowest BCUT2D eigenvalue weighted by molar-refractivity contribution is -0.360. The van der Waals surface area contributed by atoms with Crippen LogP contribution in [0.5, 0.6) is 0 Å². The van der Waals surface area contributed by atoms with Gasteiger partial charge < -0.3 is 180 Å². The summed E-state index contributed by atoms with van der Waals surface area (Å²) in [5.74, 6) is -12.9. The summed E-state index contributed by atoms with van der Waals surface area (Å²) in [6.07, 6.45) is -52.4. The molecule has 6 fully saturated rings. The highest BCUT2D eigenvalue weighted by Crippen LogP contribution is 2.39. The molecule has 0 aliphatic carbocycles. The predicted molar refractivity (Wildman–Crippen MR) is 300 cm³/mol. The van der Waals surface area contributed by atoms with Gasteiger partial charge >= 0.3 is 11.9 Å². The van der Waals surface area contributed by atoms with E-state index in [9.17, 15) is 131 Å². The van der Waals surface area contributed by atoms with E-state index in [1.54, 1.807) is 0 Å². The van der Waals surface area contributed by atoms with Crippen LogP contribution in [0, 0.1) is 0 Å². The van der Waals surface area contributed by atoms with Crippen molar-refractivity contribution < 1.29 is 188 Å². The zero-order chi connectivity index (χ0) is 71.6. The van der Waals surface area contributed by atoms with Crippen molar-refractivity contribution in [3.63, 3.8) is 0 Å². The number of carbonyl (C=O) groups excluding carboxylic acids is 4. The molecule has 0 unspecified atom stereocenters. The van der Waals surface area contributed by atoms with Gasteiger partial charge in [0.05, 0.1) is 63.9 Å². The van der Waals surface area contributed by atoms with Gasteiger partial charge in [0.2, 0.25) is 23.6 Å². The van der Waals surface area contributed by atoms with Crippen LogP contribution in [-0.4, -0.2) is 386 Å². The molecule has 0 bridgehead atoms. The van der Waals surface area contributed by atoms with Crippen molar-refractivity contribution in [2.75, 3.05) is 52.9 Å². The first-order valence-corrected chi connectivity index (χ1v) is 30.4. The van der Waals surface area contributed by atoms with Crippen LogP contribution in [0.4, 0.5) is 0 Å². The Hall–Kier alpha value is -4.38. The number of carbonyl (C=O) groups is 6. The lowest BCUT2D eigenvalue weighted by atomic mass is 9.88. The number of unbranched alkanes of at least 4 members (excludes halogenated alkanes) is 1. The zero-order valence-corrected chi connectivity index (χ0v) is 52.1. The fourth-order valence-corrected chi connectivity index (χ4v) is 11.8. The van der Waals surface area contributed by atoms with E-state index in [-0.39, 0.29) is 26.1 Å². The molecule has 0 aromatic carbocycles. The number of aliphatic carboxylic acids is 2. The minimum atomic E-state index is -2.96. The van der Waals surface area contributed by atoms with Gasteiger partial charge in [-0.25, -0.2) is 9.59 Å². The summed E-state index contributed by atoms with van der Waals surface area (Å²) in [5, 5.41) is 223. The Morgan fingerprint density at radius 2 is 0.750 bits per heavy atom. The highest BCUT2D eigenvalue weighted by molar-refractivity contribution is 5.77. The molecule has 6 rings (SSSR count). The van der Waals surface area contributed by atoms with Gasteiger partial charge in [0, 0.05) is 53.8 Å². The van der Waals surface area contributed by atoms with Crippen LogP contribution in [0.15, 0.2) is 0 Å². The molecule has 6 aliphatic heterocycles. The molecule has 0 spiro atoms. The molecule has 0 aromatic rings. The molecule has 42 nitrogen and oxygen atoms in total. The maximum Gasteiger partial charge on any atom is 0.364 e. The molecule has 42 heteroatoms. The van der Waals surface area contributed by atoms with Gasteiger partial charge in [-0.15, -0.1) is 0 Å². The fraction of sp³-hybridized carbons (Fsp3) is 0.889. The van der Waals surface area contributed by atoms with E-state index in [0.717, 1.165) is 27.7 Å². The van der Waals surface area contributed by atoms with Gasteiger partial charge in [-0.1, -0.05) is 0 Å². The highest BCUT2D eigenvalue weighted by Gasteiger charge is 2.60. The number of nitrogens with one attached hydrogen (secondary N) is 4. The third-order valence-corrected chi connectivity index (χ3v) is 16.8. The van der Waals surface area contributed by atoms with Crippen molar-refractivity contribution in [1.82, 2.24) is 21.3 Å². The third kappa shape index (κ3) is 19.0. The highest BCUT2D eigenvalue weighted by atomic mass is 16.8. The molecular formula is C54H90N4O38. The second-order valence-electron chi connectivity index (χ2n) is 23.9. The first kappa shape index (κ1) is 80.6.